The van der Waals surface area contributed by atoms with Crippen LogP contribution in [0.5, 0.6) is 0 Å². The largest absolute Gasteiger partial charge is 0.334 e. The van der Waals surface area contributed by atoms with Crippen LogP contribution in [0.15, 0.2) is 47.4 Å². The van der Waals surface area contributed by atoms with Crippen LogP contribution in [0.2, 0.25) is 0 Å². The van der Waals surface area contributed by atoms with Gasteiger partial charge in [0.15, 0.2) is 0 Å². The van der Waals surface area contributed by atoms with E-state index in [0.717, 1.165) is 38.2 Å². The van der Waals surface area contributed by atoms with Gasteiger partial charge in [-0.15, -0.1) is 11.8 Å². The zero-order valence-electron chi connectivity index (χ0n) is 15.3. The number of thioether (sulfide) groups is 1. The fourth-order valence-electron chi connectivity index (χ4n) is 4.07. The Morgan fingerprint density at radius 3 is 2.92 bits per heavy atom. The van der Waals surface area contributed by atoms with E-state index in [4.69, 9.17) is 0 Å². The molecule has 0 radical (unpaired) electrons. The minimum atomic E-state index is 0.162. The molecule has 4 rings (SSSR count). The molecular formula is C22H26N2OS. The molecule has 2 aromatic carbocycles. The average molecular weight is 367 g/mol. The lowest BCUT2D eigenvalue weighted by atomic mass is 9.90. The number of hydrogen-bond donors (Lipinski definition) is 1. The number of fused-ring (bicyclic) bond motifs is 1. The Bertz CT molecular complexity index is 798. The van der Waals surface area contributed by atoms with Gasteiger partial charge in [0.2, 0.25) is 0 Å². The molecule has 2 aliphatic heterocycles. The molecule has 1 unspecified atom stereocenters. The van der Waals surface area contributed by atoms with E-state index in [0.29, 0.717) is 5.92 Å². The van der Waals surface area contributed by atoms with Gasteiger partial charge in [-0.2, -0.15) is 0 Å². The molecule has 136 valence electrons. The quantitative estimate of drug-likeness (QED) is 0.831. The number of rotatable bonds is 3. The van der Waals surface area contributed by atoms with Crippen LogP contribution >= 0.6 is 11.8 Å². The molecule has 2 aromatic rings. The van der Waals surface area contributed by atoms with Crippen LogP contribution in [0, 0.1) is 0 Å². The van der Waals surface area contributed by atoms with Crippen LogP contribution in [0.1, 0.15) is 45.8 Å². The second kappa shape index (κ2) is 7.85. The highest BCUT2D eigenvalue weighted by molar-refractivity contribution is 7.98. The maximum atomic E-state index is 13.1. The molecule has 0 spiro atoms. The number of benzene rings is 2. The standard InChI is InChI=1S/C22H26N2OS/c1-26-21-8-7-20-15-24(11-9-17(20)13-21)22(25)18-5-2-4-16(12-18)19-6-3-10-23-14-19/h2,4-5,7-8,12-13,19,23H,3,6,9-11,14-15H2,1H3. The molecule has 1 amide bonds. The van der Waals surface area contributed by atoms with Gasteiger partial charge in [0.25, 0.3) is 5.91 Å². The summed E-state index contributed by atoms with van der Waals surface area (Å²) in [6, 6.07) is 14.9. The normalized spacial score (nSPS) is 19.9. The van der Waals surface area contributed by atoms with Gasteiger partial charge in [-0.1, -0.05) is 18.2 Å². The van der Waals surface area contributed by atoms with E-state index >= 15 is 0 Å². The zero-order valence-corrected chi connectivity index (χ0v) is 16.1. The Hall–Kier alpha value is -1.78. The van der Waals surface area contributed by atoms with Crippen molar-refractivity contribution in [3.8, 4) is 0 Å². The minimum Gasteiger partial charge on any atom is -0.334 e. The molecule has 4 heteroatoms. The SMILES string of the molecule is CSc1ccc2c(c1)CCN(C(=O)c1cccc(C3CCCNC3)c1)C2. The molecule has 2 aliphatic rings. The molecule has 0 aliphatic carbocycles. The maximum absolute atomic E-state index is 13.1. The number of hydrogen-bond acceptors (Lipinski definition) is 3. The molecule has 1 fully saturated rings. The van der Waals surface area contributed by atoms with Gasteiger partial charge < -0.3 is 10.2 Å². The summed E-state index contributed by atoms with van der Waals surface area (Å²) < 4.78 is 0. The van der Waals surface area contributed by atoms with Crippen molar-refractivity contribution in [2.75, 3.05) is 25.9 Å². The summed E-state index contributed by atoms with van der Waals surface area (Å²) in [4.78, 5) is 16.4. The Labute approximate surface area is 160 Å². The summed E-state index contributed by atoms with van der Waals surface area (Å²) >= 11 is 1.77. The van der Waals surface area contributed by atoms with Gasteiger partial charge >= 0.3 is 0 Å². The number of amides is 1. The van der Waals surface area contributed by atoms with E-state index in [9.17, 15) is 4.79 Å². The third-order valence-electron chi connectivity index (χ3n) is 5.61. The first-order valence-corrected chi connectivity index (χ1v) is 10.7. The fraction of sp³-hybridized carbons (Fsp3) is 0.409. The first kappa shape index (κ1) is 17.6. The molecule has 1 saturated heterocycles. The number of nitrogens with zero attached hydrogens (tertiary/aromatic N) is 1. The van der Waals surface area contributed by atoms with Crippen LogP contribution in [0.3, 0.4) is 0 Å². The van der Waals surface area contributed by atoms with Crippen LogP contribution < -0.4 is 5.32 Å². The molecular weight excluding hydrogens is 340 g/mol. The highest BCUT2D eigenvalue weighted by atomic mass is 32.2. The Kier molecular flexibility index (Phi) is 5.32. The van der Waals surface area contributed by atoms with Crippen molar-refractivity contribution in [1.82, 2.24) is 10.2 Å². The van der Waals surface area contributed by atoms with Crippen molar-refractivity contribution in [3.63, 3.8) is 0 Å². The summed E-state index contributed by atoms with van der Waals surface area (Å²) in [5.41, 5.74) is 4.81. The molecule has 0 saturated carbocycles. The summed E-state index contributed by atoms with van der Waals surface area (Å²) in [5.74, 6) is 0.693. The second-order valence-corrected chi connectivity index (χ2v) is 8.16. The lowest BCUT2D eigenvalue weighted by Gasteiger charge is -2.30. The Balaban J connectivity index is 1.51. The van der Waals surface area contributed by atoms with Crippen LogP contribution in [-0.2, 0) is 13.0 Å². The lowest BCUT2D eigenvalue weighted by molar-refractivity contribution is 0.0734. The van der Waals surface area contributed by atoms with Crippen molar-refractivity contribution in [2.24, 2.45) is 0 Å². The number of carbonyl (C=O) groups is 1. The maximum Gasteiger partial charge on any atom is 0.254 e. The molecule has 0 aromatic heterocycles. The van der Waals surface area contributed by atoms with Crippen molar-refractivity contribution >= 4 is 17.7 Å². The lowest BCUT2D eigenvalue weighted by Crippen LogP contribution is -2.36. The Morgan fingerprint density at radius 2 is 2.12 bits per heavy atom. The highest BCUT2D eigenvalue weighted by Crippen LogP contribution is 2.27. The van der Waals surface area contributed by atoms with Crippen molar-refractivity contribution in [2.45, 2.75) is 36.6 Å². The molecule has 1 atom stereocenters. The average Bonchev–Trinajstić information content (AvgIpc) is 2.73. The number of piperidine rings is 1. The molecule has 3 nitrogen and oxygen atoms in total. The van der Waals surface area contributed by atoms with Gasteiger partial charge in [-0.25, -0.2) is 0 Å². The molecule has 0 bridgehead atoms. The van der Waals surface area contributed by atoms with E-state index in [-0.39, 0.29) is 5.91 Å². The highest BCUT2D eigenvalue weighted by Gasteiger charge is 2.23. The first-order valence-electron chi connectivity index (χ1n) is 9.50. The monoisotopic (exact) mass is 366 g/mol. The summed E-state index contributed by atoms with van der Waals surface area (Å²) in [7, 11) is 0. The van der Waals surface area contributed by atoms with E-state index in [1.165, 1.54) is 34.4 Å². The van der Waals surface area contributed by atoms with Crippen molar-refractivity contribution in [1.29, 1.82) is 0 Å². The van der Waals surface area contributed by atoms with Crippen LogP contribution in [0.25, 0.3) is 0 Å². The number of nitrogens with one attached hydrogen (secondary N) is 1. The fourth-order valence-corrected chi connectivity index (χ4v) is 4.54. The minimum absolute atomic E-state index is 0.162. The summed E-state index contributed by atoms with van der Waals surface area (Å²) in [6.45, 7) is 3.66. The third-order valence-corrected chi connectivity index (χ3v) is 6.34. The van der Waals surface area contributed by atoms with E-state index in [1.54, 1.807) is 11.8 Å². The second-order valence-electron chi connectivity index (χ2n) is 7.28. The van der Waals surface area contributed by atoms with Crippen LogP contribution in [-0.4, -0.2) is 36.7 Å². The van der Waals surface area contributed by atoms with Gasteiger partial charge in [-0.3, -0.25) is 4.79 Å². The van der Waals surface area contributed by atoms with Gasteiger partial charge in [-0.05, 0) is 78.9 Å². The Morgan fingerprint density at radius 1 is 1.19 bits per heavy atom. The van der Waals surface area contributed by atoms with E-state index in [1.807, 2.05) is 17.0 Å². The van der Waals surface area contributed by atoms with Crippen molar-refractivity contribution < 1.29 is 4.79 Å². The molecule has 1 N–H and O–H groups in total. The number of carbonyl (C=O) groups excluding carboxylic acids is 1. The van der Waals surface area contributed by atoms with E-state index in [2.05, 4.69) is 41.9 Å². The predicted octanol–water partition coefficient (Wildman–Crippen LogP) is 4.07. The third kappa shape index (κ3) is 3.67. The first-order chi connectivity index (χ1) is 12.7. The zero-order chi connectivity index (χ0) is 17.9. The summed E-state index contributed by atoms with van der Waals surface area (Å²) in [6.07, 6.45) is 5.47. The smallest absolute Gasteiger partial charge is 0.254 e. The van der Waals surface area contributed by atoms with Gasteiger partial charge in [0, 0.05) is 30.1 Å². The molecule has 26 heavy (non-hydrogen) atoms. The summed E-state index contributed by atoms with van der Waals surface area (Å²) in [5, 5.41) is 3.47. The van der Waals surface area contributed by atoms with Gasteiger partial charge in [0.1, 0.15) is 0 Å². The van der Waals surface area contributed by atoms with E-state index < -0.39 is 0 Å². The topological polar surface area (TPSA) is 32.3 Å². The van der Waals surface area contributed by atoms with Crippen LogP contribution in [0.4, 0.5) is 0 Å². The molecule has 2 heterocycles. The predicted molar refractivity (Wildman–Crippen MR) is 108 cm³/mol. The van der Waals surface area contributed by atoms with Crippen molar-refractivity contribution in [3.05, 3.63) is 64.7 Å². The van der Waals surface area contributed by atoms with Gasteiger partial charge in [0.05, 0.1) is 0 Å².